The van der Waals surface area contributed by atoms with Gasteiger partial charge in [0.05, 0.1) is 0 Å². The Kier molecular flexibility index (Phi) is 3.24. The Morgan fingerprint density at radius 3 is 2.23 bits per heavy atom. The predicted molar refractivity (Wildman–Crippen MR) is 54.9 cm³/mol. The summed E-state index contributed by atoms with van der Waals surface area (Å²) in [6, 6.07) is 6.26. The molecule has 0 aliphatic carbocycles. The van der Waals surface area contributed by atoms with Crippen LogP contribution >= 0.6 is 0 Å². The van der Waals surface area contributed by atoms with Crippen molar-refractivity contribution in [2.24, 2.45) is 0 Å². The number of aryl methyl sites for hydroxylation is 2. The molecule has 1 nitrogen and oxygen atoms in total. The van der Waals surface area contributed by atoms with E-state index in [1.54, 1.807) is 6.92 Å². The highest BCUT2D eigenvalue weighted by Gasteiger charge is 2.02. The number of hydrogen-bond donors (Lipinski definition) is 0. The van der Waals surface area contributed by atoms with Gasteiger partial charge < -0.3 is 4.79 Å². The predicted octanol–water partition coefficient (Wildman–Crippen LogP) is 2.83. The highest BCUT2D eigenvalue weighted by atomic mass is 16.1. The zero-order chi connectivity index (χ0) is 9.84. The Morgan fingerprint density at radius 2 is 1.77 bits per heavy atom. The summed E-state index contributed by atoms with van der Waals surface area (Å²) in [5.74, 6) is 0.266. The van der Waals surface area contributed by atoms with Gasteiger partial charge in [0, 0.05) is 6.42 Å². The van der Waals surface area contributed by atoms with E-state index in [0.29, 0.717) is 6.42 Å². The van der Waals surface area contributed by atoms with Crippen LogP contribution < -0.4 is 0 Å². The van der Waals surface area contributed by atoms with Crippen LogP contribution in [0.15, 0.2) is 18.2 Å². The molecule has 0 bridgehead atoms. The van der Waals surface area contributed by atoms with Crippen LogP contribution in [0, 0.1) is 13.8 Å². The molecule has 0 aliphatic rings. The number of Topliss-reactive ketones (excluding diaryl/α,β-unsaturated/α-hetero) is 1. The fraction of sp³-hybridized carbons (Fsp3) is 0.417. The van der Waals surface area contributed by atoms with Crippen molar-refractivity contribution in [2.45, 2.75) is 33.6 Å². The van der Waals surface area contributed by atoms with E-state index in [2.05, 4.69) is 32.0 Å². The molecule has 0 aliphatic heterocycles. The molecule has 0 saturated heterocycles. The Hall–Kier alpha value is -1.11. The third-order valence-electron chi connectivity index (χ3n) is 2.37. The van der Waals surface area contributed by atoms with Gasteiger partial charge in [0.25, 0.3) is 0 Å². The first-order valence-electron chi connectivity index (χ1n) is 4.66. The van der Waals surface area contributed by atoms with Crippen molar-refractivity contribution in [3.05, 3.63) is 34.9 Å². The number of carbonyl (C=O) groups excluding carboxylic acids is 1. The summed E-state index contributed by atoms with van der Waals surface area (Å²) in [5, 5.41) is 0. The summed E-state index contributed by atoms with van der Waals surface area (Å²) >= 11 is 0. The molecule has 0 saturated carbocycles. The number of carbonyl (C=O) groups is 1. The van der Waals surface area contributed by atoms with Crippen LogP contribution in [-0.4, -0.2) is 5.78 Å². The molecule has 0 atom stereocenters. The third-order valence-corrected chi connectivity index (χ3v) is 2.37. The van der Waals surface area contributed by atoms with E-state index in [0.717, 1.165) is 6.42 Å². The van der Waals surface area contributed by atoms with E-state index in [-0.39, 0.29) is 5.78 Å². The number of benzene rings is 1. The Labute approximate surface area is 79.8 Å². The van der Waals surface area contributed by atoms with Crippen molar-refractivity contribution in [3.8, 4) is 0 Å². The number of hydrogen-bond acceptors (Lipinski definition) is 1. The Balaban J connectivity index is 2.81. The minimum Gasteiger partial charge on any atom is -0.300 e. The second-order valence-electron chi connectivity index (χ2n) is 3.57. The lowest BCUT2D eigenvalue weighted by Gasteiger charge is -2.07. The van der Waals surface area contributed by atoms with Gasteiger partial charge in [-0.1, -0.05) is 18.2 Å². The molecule has 0 N–H and O–H groups in total. The molecular weight excluding hydrogens is 160 g/mol. The van der Waals surface area contributed by atoms with E-state index < -0.39 is 0 Å². The van der Waals surface area contributed by atoms with Gasteiger partial charge in [0.1, 0.15) is 5.78 Å². The van der Waals surface area contributed by atoms with Gasteiger partial charge in [-0.05, 0) is 43.9 Å². The van der Waals surface area contributed by atoms with E-state index in [1.165, 1.54) is 16.7 Å². The Morgan fingerprint density at radius 1 is 1.23 bits per heavy atom. The zero-order valence-electron chi connectivity index (χ0n) is 8.55. The second kappa shape index (κ2) is 4.22. The van der Waals surface area contributed by atoms with E-state index in [1.807, 2.05) is 0 Å². The number of ketones is 1. The van der Waals surface area contributed by atoms with Gasteiger partial charge in [-0.2, -0.15) is 0 Å². The van der Waals surface area contributed by atoms with Gasteiger partial charge in [-0.25, -0.2) is 0 Å². The van der Waals surface area contributed by atoms with Gasteiger partial charge in [-0.15, -0.1) is 0 Å². The van der Waals surface area contributed by atoms with Crippen molar-refractivity contribution >= 4 is 5.78 Å². The quantitative estimate of drug-likeness (QED) is 0.692. The summed E-state index contributed by atoms with van der Waals surface area (Å²) in [5.41, 5.74) is 3.92. The smallest absolute Gasteiger partial charge is 0.130 e. The molecule has 1 aromatic carbocycles. The lowest BCUT2D eigenvalue weighted by atomic mass is 9.98. The molecule has 0 heterocycles. The summed E-state index contributed by atoms with van der Waals surface area (Å²) in [6.07, 6.45) is 1.54. The van der Waals surface area contributed by atoms with Crippen LogP contribution in [0.5, 0.6) is 0 Å². The topological polar surface area (TPSA) is 17.1 Å². The average molecular weight is 176 g/mol. The molecule has 70 valence electrons. The lowest BCUT2D eigenvalue weighted by Crippen LogP contribution is -1.98. The van der Waals surface area contributed by atoms with Gasteiger partial charge in [-0.3, -0.25) is 0 Å². The summed E-state index contributed by atoms with van der Waals surface area (Å²) in [7, 11) is 0. The van der Waals surface area contributed by atoms with Gasteiger partial charge in [0.15, 0.2) is 0 Å². The molecule has 0 fully saturated rings. The fourth-order valence-electron chi connectivity index (χ4n) is 1.54. The van der Waals surface area contributed by atoms with Gasteiger partial charge >= 0.3 is 0 Å². The van der Waals surface area contributed by atoms with Crippen molar-refractivity contribution < 1.29 is 4.79 Å². The van der Waals surface area contributed by atoms with Crippen LogP contribution in [0.3, 0.4) is 0 Å². The highest BCUT2D eigenvalue weighted by molar-refractivity contribution is 5.75. The second-order valence-corrected chi connectivity index (χ2v) is 3.57. The van der Waals surface area contributed by atoms with Crippen LogP contribution in [0.2, 0.25) is 0 Å². The van der Waals surface area contributed by atoms with Crippen LogP contribution in [0.1, 0.15) is 30.0 Å². The highest BCUT2D eigenvalue weighted by Crippen LogP contribution is 2.15. The largest absolute Gasteiger partial charge is 0.300 e. The standard InChI is InChI=1S/C12H16O/c1-9-5-4-6-10(2)12(9)8-7-11(3)13/h4-6H,7-8H2,1-3H3. The SMILES string of the molecule is CC(=O)CCc1c(C)cccc1C. The molecule has 1 aromatic rings. The summed E-state index contributed by atoms with van der Waals surface area (Å²) in [6.45, 7) is 5.85. The molecule has 1 rings (SSSR count). The van der Waals surface area contributed by atoms with Crippen molar-refractivity contribution in [2.75, 3.05) is 0 Å². The zero-order valence-corrected chi connectivity index (χ0v) is 8.55. The summed E-state index contributed by atoms with van der Waals surface area (Å²) in [4.78, 5) is 10.8. The maximum Gasteiger partial charge on any atom is 0.130 e. The third kappa shape index (κ3) is 2.69. The van der Waals surface area contributed by atoms with Crippen LogP contribution in [0.25, 0.3) is 0 Å². The van der Waals surface area contributed by atoms with E-state index in [4.69, 9.17) is 0 Å². The summed E-state index contributed by atoms with van der Waals surface area (Å²) < 4.78 is 0. The van der Waals surface area contributed by atoms with Crippen molar-refractivity contribution in [1.29, 1.82) is 0 Å². The van der Waals surface area contributed by atoms with Crippen LogP contribution in [-0.2, 0) is 11.2 Å². The molecular formula is C12H16O. The van der Waals surface area contributed by atoms with Crippen LogP contribution in [0.4, 0.5) is 0 Å². The van der Waals surface area contributed by atoms with E-state index >= 15 is 0 Å². The molecule has 0 radical (unpaired) electrons. The average Bonchev–Trinajstić information content (AvgIpc) is 2.03. The van der Waals surface area contributed by atoms with Crippen molar-refractivity contribution in [3.63, 3.8) is 0 Å². The first-order chi connectivity index (χ1) is 6.11. The first-order valence-corrected chi connectivity index (χ1v) is 4.66. The maximum atomic E-state index is 10.8. The molecule has 0 unspecified atom stereocenters. The molecule has 0 spiro atoms. The van der Waals surface area contributed by atoms with Crippen molar-refractivity contribution in [1.82, 2.24) is 0 Å². The monoisotopic (exact) mass is 176 g/mol. The minimum atomic E-state index is 0.266. The number of rotatable bonds is 3. The van der Waals surface area contributed by atoms with Gasteiger partial charge in [0.2, 0.25) is 0 Å². The van der Waals surface area contributed by atoms with E-state index in [9.17, 15) is 4.79 Å². The molecule has 0 aromatic heterocycles. The normalized spacial score (nSPS) is 10.1. The minimum absolute atomic E-state index is 0.266. The lowest BCUT2D eigenvalue weighted by molar-refractivity contribution is -0.116. The maximum absolute atomic E-state index is 10.8. The molecule has 0 amide bonds. The Bertz CT molecular complexity index is 293. The first kappa shape index (κ1) is 9.97. The fourth-order valence-corrected chi connectivity index (χ4v) is 1.54. The molecule has 1 heteroatoms. The molecule has 13 heavy (non-hydrogen) atoms.